The Morgan fingerprint density at radius 1 is 1.27 bits per heavy atom. The van der Waals surface area contributed by atoms with Gasteiger partial charge in [0.05, 0.1) is 0 Å². The number of hydrogen-bond acceptors (Lipinski definition) is 3. The zero-order valence-corrected chi connectivity index (χ0v) is 10.9. The Labute approximate surface area is 98.2 Å². The fourth-order valence-electron chi connectivity index (χ4n) is 2.70. The van der Waals surface area contributed by atoms with Gasteiger partial charge in [-0.15, -0.1) is 0 Å². The molecule has 15 heavy (non-hydrogen) atoms. The van der Waals surface area contributed by atoms with Crippen molar-refractivity contribution in [3.05, 3.63) is 0 Å². The van der Waals surface area contributed by atoms with Crippen molar-refractivity contribution in [2.75, 3.05) is 37.7 Å². The first-order valence-electron chi connectivity index (χ1n) is 6.23. The Morgan fingerprint density at radius 3 is 2.93 bits per heavy atom. The monoisotopic (exact) mass is 228 g/mol. The molecule has 2 aliphatic heterocycles. The molecule has 0 radical (unpaired) electrons. The van der Waals surface area contributed by atoms with Crippen molar-refractivity contribution >= 4 is 11.8 Å². The zero-order chi connectivity index (χ0) is 10.7. The lowest BCUT2D eigenvalue weighted by Crippen LogP contribution is -2.50. The van der Waals surface area contributed by atoms with Gasteiger partial charge < -0.3 is 5.32 Å². The lowest BCUT2D eigenvalue weighted by atomic mass is 9.81. The molecule has 0 aromatic heterocycles. The van der Waals surface area contributed by atoms with Gasteiger partial charge in [-0.1, -0.05) is 13.8 Å². The van der Waals surface area contributed by atoms with Crippen LogP contribution in [0, 0.1) is 5.41 Å². The Balaban J connectivity index is 1.99. The van der Waals surface area contributed by atoms with Gasteiger partial charge in [0.25, 0.3) is 0 Å². The SMILES string of the molecule is CC1(C)CCSCC1N1CCCNCC1. The van der Waals surface area contributed by atoms with E-state index < -0.39 is 0 Å². The summed E-state index contributed by atoms with van der Waals surface area (Å²) in [6, 6.07) is 0.802. The molecule has 0 aromatic rings. The normalized spacial score (nSPS) is 33.6. The van der Waals surface area contributed by atoms with Crippen LogP contribution < -0.4 is 5.32 Å². The number of nitrogens with zero attached hydrogens (tertiary/aromatic N) is 1. The van der Waals surface area contributed by atoms with Crippen LogP contribution in [0.25, 0.3) is 0 Å². The smallest absolute Gasteiger partial charge is 0.0238 e. The van der Waals surface area contributed by atoms with Gasteiger partial charge in [-0.05, 0) is 37.1 Å². The summed E-state index contributed by atoms with van der Waals surface area (Å²) >= 11 is 2.14. The molecular weight excluding hydrogens is 204 g/mol. The molecule has 1 unspecified atom stereocenters. The number of nitrogens with one attached hydrogen (secondary N) is 1. The summed E-state index contributed by atoms with van der Waals surface area (Å²) in [5.41, 5.74) is 0.523. The molecule has 2 aliphatic rings. The molecule has 1 N–H and O–H groups in total. The third-order valence-corrected chi connectivity index (χ3v) is 4.93. The van der Waals surface area contributed by atoms with E-state index in [9.17, 15) is 0 Å². The maximum Gasteiger partial charge on any atom is 0.0238 e. The molecule has 1 atom stereocenters. The lowest BCUT2D eigenvalue weighted by Gasteiger charge is -2.44. The average molecular weight is 228 g/mol. The highest BCUT2D eigenvalue weighted by atomic mass is 32.2. The number of hydrogen-bond donors (Lipinski definition) is 1. The molecule has 2 fully saturated rings. The molecule has 0 saturated carbocycles. The first-order chi connectivity index (χ1) is 7.20. The fourth-order valence-corrected chi connectivity index (χ4v) is 4.42. The maximum absolute atomic E-state index is 3.50. The van der Waals surface area contributed by atoms with E-state index in [4.69, 9.17) is 0 Å². The van der Waals surface area contributed by atoms with Crippen LogP contribution in [0.4, 0.5) is 0 Å². The minimum Gasteiger partial charge on any atom is -0.315 e. The van der Waals surface area contributed by atoms with Crippen LogP contribution in [0.15, 0.2) is 0 Å². The standard InChI is InChI=1S/C12H24N2S/c1-12(2)4-9-15-10-11(12)14-7-3-5-13-6-8-14/h11,13H,3-10H2,1-2H3. The van der Waals surface area contributed by atoms with E-state index in [1.807, 2.05) is 0 Å². The highest BCUT2D eigenvalue weighted by Gasteiger charge is 2.36. The van der Waals surface area contributed by atoms with Gasteiger partial charge in [0.15, 0.2) is 0 Å². The van der Waals surface area contributed by atoms with E-state index in [1.165, 1.54) is 50.5 Å². The topological polar surface area (TPSA) is 15.3 Å². The molecule has 0 aliphatic carbocycles. The van der Waals surface area contributed by atoms with Gasteiger partial charge in [0, 0.05) is 24.9 Å². The minimum atomic E-state index is 0.523. The van der Waals surface area contributed by atoms with Crippen LogP contribution in [0.3, 0.4) is 0 Å². The molecule has 0 spiro atoms. The van der Waals surface area contributed by atoms with Crippen molar-refractivity contribution < 1.29 is 0 Å². The Morgan fingerprint density at radius 2 is 2.13 bits per heavy atom. The van der Waals surface area contributed by atoms with E-state index in [0.717, 1.165) is 6.04 Å². The summed E-state index contributed by atoms with van der Waals surface area (Å²) in [6.45, 7) is 9.83. The highest BCUT2D eigenvalue weighted by Crippen LogP contribution is 2.37. The second-order valence-corrected chi connectivity index (χ2v) is 6.62. The van der Waals surface area contributed by atoms with Gasteiger partial charge in [-0.25, -0.2) is 0 Å². The van der Waals surface area contributed by atoms with Crippen LogP contribution in [0.2, 0.25) is 0 Å². The van der Waals surface area contributed by atoms with Gasteiger partial charge in [0.1, 0.15) is 0 Å². The molecule has 0 amide bonds. The second-order valence-electron chi connectivity index (χ2n) is 5.47. The highest BCUT2D eigenvalue weighted by molar-refractivity contribution is 7.99. The van der Waals surface area contributed by atoms with Crippen molar-refractivity contribution in [2.45, 2.75) is 32.7 Å². The lowest BCUT2D eigenvalue weighted by molar-refractivity contribution is 0.103. The van der Waals surface area contributed by atoms with Crippen molar-refractivity contribution in [3.63, 3.8) is 0 Å². The summed E-state index contributed by atoms with van der Waals surface area (Å²) in [5.74, 6) is 2.70. The third-order valence-electron chi connectivity index (χ3n) is 3.88. The van der Waals surface area contributed by atoms with E-state index >= 15 is 0 Å². The summed E-state index contributed by atoms with van der Waals surface area (Å²) in [4.78, 5) is 2.73. The van der Waals surface area contributed by atoms with E-state index in [0.29, 0.717) is 5.41 Å². The Bertz CT molecular complexity index is 198. The van der Waals surface area contributed by atoms with Crippen LogP contribution >= 0.6 is 11.8 Å². The Hall–Kier alpha value is 0.270. The van der Waals surface area contributed by atoms with Crippen molar-refractivity contribution in [1.29, 1.82) is 0 Å². The number of thioether (sulfide) groups is 1. The van der Waals surface area contributed by atoms with Gasteiger partial charge >= 0.3 is 0 Å². The van der Waals surface area contributed by atoms with Gasteiger partial charge in [0.2, 0.25) is 0 Å². The molecular formula is C12H24N2S. The van der Waals surface area contributed by atoms with Crippen LogP contribution in [-0.4, -0.2) is 48.6 Å². The summed E-state index contributed by atoms with van der Waals surface area (Å²) in [5, 5.41) is 3.50. The van der Waals surface area contributed by atoms with Crippen molar-refractivity contribution in [1.82, 2.24) is 10.2 Å². The van der Waals surface area contributed by atoms with Crippen molar-refractivity contribution in [3.8, 4) is 0 Å². The van der Waals surface area contributed by atoms with Crippen LogP contribution in [0.1, 0.15) is 26.7 Å². The van der Waals surface area contributed by atoms with Crippen molar-refractivity contribution in [2.24, 2.45) is 5.41 Å². The zero-order valence-electron chi connectivity index (χ0n) is 10.1. The summed E-state index contributed by atoms with van der Waals surface area (Å²) in [6.07, 6.45) is 2.70. The minimum absolute atomic E-state index is 0.523. The second kappa shape index (κ2) is 5.07. The first kappa shape index (κ1) is 11.7. The molecule has 2 heterocycles. The fraction of sp³-hybridized carbons (Fsp3) is 1.00. The van der Waals surface area contributed by atoms with Crippen LogP contribution in [0.5, 0.6) is 0 Å². The Kier molecular flexibility index (Phi) is 3.97. The van der Waals surface area contributed by atoms with Gasteiger partial charge in [-0.3, -0.25) is 4.90 Å². The quantitative estimate of drug-likeness (QED) is 0.737. The molecule has 88 valence electrons. The largest absolute Gasteiger partial charge is 0.315 e. The molecule has 2 saturated heterocycles. The average Bonchev–Trinajstić information content (AvgIpc) is 2.45. The number of rotatable bonds is 1. The molecule has 2 nitrogen and oxygen atoms in total. The molecule has 3 heteroatoms. The summed E-state index contributed by atoms with van der Waals surface area (Å²) < 4.78 is 0. The van der Waals surface area contributed by atoms with Crippen LogP contribution in [-0.2, 0) is 0 Å². The van der Waals surface area contributed by atoms with E-state index in [-0.39, 0.29) is 0 Å². The molecule has 0 bridgehead atoms. The molecule has 0 aromatic carbocycles. The predicted molar refractivity (Wildman–Crippen MR) is 68.6 cm³/mol. The summed E-state index contributed by atoms with van der Waals surface area (Å²) in [7, 11) is 0. The third kappa shape index (κ3) is 2.89. The first-order valence-corrected chi connectivity index (χ1v) is 7.38. The van der Waals surface area contributed by atoms with E-state index in [2.05, 4.69) is 35.8 Å². The predicted octanol–water partition coefficient (Wildman–Crippen LogP) is 1.81. The maximum atomic E-state index is 3.50. The van der Waals surface area contributed by atoms with Gasteiger partial charge in [-0.2, -0.15) is 11.8 Å². The molecule has 2 rings (SSSR count). The van der Waals surface area contributed by atoms with E-state index in [1.54, 1.807) is 0 Å².